The summed E-state index contributed by atoms with van der Waals surface area (Å²) >= 11 is 6.34. The lowest BCUT2D eigenvalue weighted by Crippen LogP contribution is -2.51. The van der Waals surface area contributed by atoms with Crippen LogP contribution in [0.4, 0.5) is 0 Å². The van der Waals surface area contributed by atoms with Gasteiger partial charge in [0.05, 0.1) is 17.2 Å². The number of aromatic amines is 1. The fraction of sp³-hybridized carbons (Fsp3) is 0.304. The summed E-state index contributed by atoms with van der Waals surface area (Å²) in [6.07, 6.45) is 6.33. The molecule has 1 aliphatic heterocycles. The molecule has 10 heteroatoms. The summed E-state index contributed by atoms with van der Waals surface area (Å²) in [4.78, 5) is 13.0. The Bertz CT molecular complexity index is 1150. The number of tetrazole rings is 1. The van der Waals surface area contributed by atoms with Gasteiger partial charge in [-0.15, -0.1) is 10.2 Å². The van der Waals surface area contributed by atoms with Crippen LogP contribution >= 0.6 is 11.6 Å². The molecule has 0 bridgehead atoms. The number of aromatic nitrogens is 4. The second-order valence-corrected chi connectivity index (χ2v) is 8.00. The fourth-order valence-corrected chi connectivity index (χ4v) is 3.55. The molecule has 1 unspecified atom stereocenters. The highest BCUT2D eigenvalue weighted by molar-refractivity contribution is 6.32. The van der Waals surface area contributed by atoms with Crippen molar-refractivity contribution in [2.24, 2.45) is 5.73 Å². The molecular weight excluding hydrogens is 446 g/mol. The predicted molar refractivity (Wildman–Crippen MR) is 122 cm³/mol. The highest BCUT2D eigenvalue weighted by Gasteiger charge is 2.41. The number of rotatable bonds is 9. The summed E-state index contributed by atoms with van der Waals surface area (Å²) < 4.78 is 17.4. The quantitative estimate of drug-likeness (QED) is 0.274. The van der Waals surface area contributed by atoms with E-state index in [1.807, 2.05) is 6.07 Å². The SMILES string of the molecule is CCCCCOc1ccc(C=CC(=O)c2cccc3c2OC(N)(c2nn[nH]n2)CO3)cc1Cl. The van der Waals surface area contributed by atoms with E-state index in [1.165, 1.54) is 6.08 Å². The lowest BCUT2D eigenvalue weighted by molar-refractivity contribution is -0.0154. The van der Waals surface area contributed by atoms with Gasteiger partial charge in [0.15, 0.2) is 17.3 Å². The van der Waals surface area contributed by atoms with E-state index in [2.05, 4.69) is 27.5 Å². The van der Waals surface area contributed by atoms with Crippen molar-refractivity contribution in [3.8, 4) is 17.2 Å². The number of carbonyl (C=O) groups excluding carboxylic acids is 1. The maximum atomic E-state index is 13.0. The molecule has 2 aromatic carbocycles. The van der Waals surface area contributed by atoms with E-state index in [-0.39, 0.29) is 24.0 Å². The van der Waals surface area contributed by atoms with Gasteiger partial charge in [-0.1, -0.05) is 49.6 Å². The van der Waals surface area contributed by atoms with Crippen LogP contribution in [0.15, 0.2) is 42.5 Å². The van der Waals surface area contributed by atoms with E-state index in [0.717, 1.165) is 24.8 Å². The Balaban J connectivity index is 1.49. The van der Waals surface area contributed by atoms with Crippen molar-refractivity contribution in [2.45, 2.75) is 31.9 Å². The molecule has 3 aromatic rings. The summed E-state index contributed by atoms with van der Waals surface area (Å²) in [6.45, 7) is 2.73. The first-order valence-corrected chi connectivity index (χ1v) is 11.0. The third-order valence-electron chi connectivity index (χ3n) is 5.08. The highest BCUT2D eigenvalue weighted by Crippen LogP contribution is 2.39. The van der Waals surface area contributed by atoms with Gasteiger partial charge in [-0.2, -0.15) is 5.21 Å². The van der Waals surface area contributed by atoms with Crippen molar-refractivity contribution in [2.75, 3.05) is 13.2 Å². The van der Waals surface area contributed by atoms with Crippen LogP contribution in [0.2, 0.25) is 5.02 Å². The number of fused-ring (bicyclic) bond motifs is 1. The number of para-hydroxylation sites is 1. The largest absolute Gasteiger partial charge is 0.492 e. The molecule has 1 aromatic heterocycles. The first-order valence-electron chi connectivity index (χ1n) is 10.6. The maximum Gasteiger partial charge on any atom is 0.257 e. The third kappa shape index (κ3) is 5.15. The normalized spacial score (nSPS) is 17.3. The van der Waals surface area contributed by atoms with Crippen molar-refractivity contribution in [3.63, 3.8) is 0 Å². The summed E-state index contributed by atoms with van der Waals surface area (Å²) in [5.41, 5.74) is 5.85. The lowest BCUT2D eigenvalue weighted by Gasteiger charge is -2.33. The van der Waals surface area contributed by atoms with E-state index in [1.54, 1.807) is 36.4 Å². The molecule has 0 spiro atoms. The molecule has 172 valence electrons. The average Bonchev–Trinajstić information content (AvgIpc) is 3.37. The Morgan fingerprint density at radius 3 is 2.97 bits per heavy atom. The zero-order chi connectivity index (χ0) is 23.3. The number of ether oxygens (including phenoxy) is 3. The number of carbonyl (C=O) groups is 1. The van der Waals surface area contributed by atoms with Gasteiger partial charge in [-0.25, -0.2) is 0 Å². The number of ketones is 1. The zero-order valence-corrected chi connectivity index (χ0v) is 18.8. The van der Waals surface area contributed by atoms with Crippen molar-refractivity contribution in [1.82, 2.24) is 20.6 Å². The number of allylic oxidation sites excluding steroid dienone is 1. The molecule has 2 heterocycles. The highest BCUT2D eigenvalue weighted by atomic mass is 35.5. The molecule has 1 aliphatic rings. The molecular formula is C23H24ClN5O4. The molecule has 0 aliphatic carbocycles. The van der Waals surface area contributed by atoms with Crippen molar-refractivity contribution >= 4 is 23.5 Å². The summed E-state index contributed by atoms with van der Waals surface area (Å²) in [5.74, 6) is 1.09. The van der Waals surface area contributed by atoms with Crippen LogP contribution in [0.25, 0.3) is 6.08 Å². The molecule has 4 rings (SSSR count). The lowest BCUT2D eigenvalue weighted by atomic mass is 10.1. The van der Waals surface area contributed by atoms with Gasteiger partial charge >= 0.3 is 0 Å². The van der Waals surface area contributed by atoms with Gasteiger partial charge < -0.3 is 14.2 Å². The summed E-state index contributed by atoms with van der Waals surface area (Å²) in [6, 6.07) is 10.4. The van der Waals surface area contributed by atoms with E-state index in [0.29, 0.717) is 28.7 Å². The monoisotopic (exact) mass is 469 g/mol. The molecule has 1 atom stereocenters. The first kappa shape index (κ1) is 22.8. The second kappa shape index (κ2) is 10.0. The van der Waals surface area contributed by atoms with Crippen LogP contribution in [-0.2, 0) is 5.72 Å². The van der Waals surface area contributed by atoms with Crippen LogP contribution in [0.5, 0.6) is 17.2 Å². The van der Waals surface area contributed by atoms with Crippen LogP contribution in [0.1, 0.15) is 47.9 Å². The van der Waals surface area contributed by atoms with Crippen LogP contribution < -0.4 is 19.9 Å². The van der Waals surface area contributed by atoms with Crippen LogP contribution in [-0.4, -0.2) is 39.6 Å². The summed E-state index contributed by atoms with van der Waals surface area (Å²) in [7, 11) is 0. The average molecular weight is 470 g/mol. The van der Waals surface area contributed by atoms with E-state index >= 15 is 0 Å². The Kier molecular flexibility index (Phi) is 6.90. The molecule has 0 saturated heterocycles. The predicted octanol–water partition coefficient (Wildman–Crippen LogP) is 3.90. The molecule has 9 nitrogen and oxygen atoms in total. The number of unbranched alkanes of at least 4 members (excludes halogenated alkanes) is 2. The second-order valence-electron chi connectivity index (χ2n) is 7.59. The number of hydrogen-bond acceptors (Lipinski definition) is 8. The topological polar surface area (TPSA) is 125 Å². The van der Waals surface area contributed by atoms with Gasteiger partial charge in [0.1, 0.15) is 12.4 Å². The van der Waals surface area contributed by atoms with E-state index in [4.69, 9.17) is 31.5 Å². The van der Waals surface area contributed by atoms with Gasteiger partial charge in [0.25, 0.3) is 5.72 Å². The number of nitrogens with two attached hydrogens (primary N) is 1. The van der Waals surface area contributed by atoms with Gasteiger partial charge in [0, 0.05) is 0 Å². The Hall–Kier alpha value is -3.43. The third-order valence-corrected chi connectivity index (χ3v) is 5.38. The van der Waals surface area contributed by atoms with Gasteiger partial charge in [-0.05, 0) is 47.5 Å². The van der Waals surface area contributed by atoms with E-state index in [9.17, 15) is 4.79 Å². The molecule has 0 fully saturated rings. The maximum absolute atomic E-state index is 13.0. The molecule has 0 radical (unpaired) electrons. The minimum Gasteiger partial charge on any atom is -0.492 e. The van der Waals surface area contributed by atoms with Crippen molar-refractivity contribution < 1.29 is 19.0 Å². The van der Waals surface area contributed by atoms with Crippen molar-refractivity contribution in [3.05, 3.63) is 64.4 Å². The molecule has 3 N–H and O–H groups in total. The first-order chi connectivity index (χ1) is 16.0. The number of benzene rings is 2. The van der Waals surface area contributed by atoms with E-state index < -0.39 is 5.72 Å². The minimum absolute atomic E-state index is 0.0294. The Morgan fingerprint density at radius 1 is 1.33 bits per heavy atom. The smallest absolute Gasteiger partial charge is 0.257 e. The Labute approximate surface area is 195 Å². The number of H-pyrrole nitrogens is 1. The van der Waals surface area contributed by atoms with Crippen molar-refractivity contribution in [1.29, 1.82) is 0 Å². The van der Waals surface area contributed by atoms with Gasteiger partial charge in [0.2, 0.25) is 5.82 Å². The minimum atomic E-state index is -1.47. The number of hydrogen-bond donors (Lipinski definition) is 2. The summed E-state index contributed by atoms with van der Waals surface area (Å²) in [5, 5.41) is 14.1. The number of halogens is 1. The number of nitrogens with zero attached hydrogens (tertiary/aromatic N) is 3. The fourth-order valence-electron chi connectivity index (χ4n) is 3.31. The van der Waals surface area contributed by atoms with Crippen LogP contribution in [0, 0.1) is 0 Å². The molecule has 0 saturated carbocycles. The molecule has 33 heavy (non-hydrogen) atoms. The molecule has 0 amide bonds. The zero-order valence-electron chi connectivity index (χ0n) is 18.1. The van der Waals surface area contributed by atoms with Crippen LogP contribution in [0.3, 0.4) is 0 Å². The van der Waals surface area contributed by atoms with Gasteiger partial charge in [-0.3, -0.25) is 10.5 Å². The standard InChI is InChI=1S/C23H24ClN5O4/c1-2-3-4-12-31-19-11-9-15(13-17(19)24)8-10-18(30)16-6-5-7-20-21(16)33-23(25,14-32-20)22-26-28-29-27-22/h5-11,13H,2-4,12,14,25H2,1H3,(H,26,27,28,29). The number of nitrogens with one attached hydrogen (secondary N) is 1. The Morgan fingerprint density at radius 2 is 2.21 bits per heavy atom.